The smallest absolute Gasteiger partial charge is 0.323 e. The van der Waals surface area contributed by atoms with Crippen LogP contribution in [0.2, 0.25) is 0 Å². The van der Waals surface area contributed by atoms with Crippen molar-refractivity contribution >= 4 is 62.4 Å². The second-order valence-electron chi connectivity index (χ2n) is 23.1. The van der Waals surface area contributed by atoms with Crippen LogP contribution in [0.25, 0.3) is 10.9 Å². The van der Waals surface area contributed by atoms with Gasteiger partial charge in [-0.05, 0) is 93.1 Å². The molecule has 0 spiro atoms. The van der Waals surface area contributed by atoms with Crippen molar-refractivity contribution in [1.82, 2.24) is 60.1 Å². The lowest BCUT2D eigenvalue weighted by Crippen LogP contribution is -2.52. The average molecular weight is 1330 g/mol. The Hall–Kier alpha value is -7.87. The minimum Gasteiger partial charge on any atom is -0.494 e. The number of hydrogen-bond donors (Lipinski definition) is 9. The Kier molecular flexibility index (Phi) is 31.3. The van der Waals surface area contributed by atoms with E-state index in [0.717, 1.165) is 29.8 Å². The van der Waals surface area contributed by atoms with Crippen molar-refractivity contribution in [2.24, 2.45) is 7.05 Å². The maximum Gasteiger partial charge on any atom is 0.323 e. The summed E-state index contributed by atoms with van der Waals surface area (Å²) in [5.41, 5.74) is 3.09. The summed E-state index contributed by atoms with van der Waals surface area (Å²) >= 11 is 0. The topological polar surface area (TPSA) is 350 Å². The van der Waals surface area contributed by atoms with Gasteiger partial charge in [0.05, 0.1) is 56.5 Å². The van der Waals surface area contributed by atoms with Crippen molar-refractivity contribution in [3.05, 3.63) is 124 Å². The number of H-pyrrole nitrogens is 1. The minimum atomic E-state index is -4.46. The molecule has 2 atom stereocenters. The van der Waals surface area contributed by atoms with Gasteiger partial charge in [-0.15, -0.1) is 0 Å². The number of anilines is 1. The van der Waals surface area contributed by atoms with E-state index in [-0.39, 0.29) is 70.8 Å². The number of likely N-dealkylation sites (N-methyl/N-ethyl adjacent to an activating group) is 1. The van der Waals surface area contributed by atoms with Crippen LogP contribution < -0.4 is 41.5 Å². The maximum atomic E-state index is 13.7. The number of ether oxygens (including phenoxy) is 4. The van der Waals surface area contributed by atoms with E-state index < -0.39 is 51.9 Å². The van der Waals surface area contributed by atoms with Crippen LogP contribution in [0.15, 0.2) is 82.9 Å². The number of carboxylic acid groups (broad SMARTS) is 2. The Morgan fingerprint density at radius 1 is 0.713 bits per heavy atom. The molecule has 2 radical (unpaired) electrons. The number of aromatic amines is 1. The van der Waals surface area contributed by atoms with Crippen LogP contribution in [0.1, 0.15) is 70.8 Å². The molecular formula is C65H93N13O15S. The summed E-state index contributed by atoms with van der Waals surface area (Å²) in [6, 6.07) is 13.3. The van der Waals surface area contributed by atoms with Crippen molar-refractivity contribution in [2.75, 3.05) is 143 Å². The molecular weight excluding hydrogens is 1230 g/mol. The Balaban J connectivity index is 0.807. The third-order valence-electron chi connectivity index (χ3n) is 15.6. The highest BCUT2D eigenvalue weighted by molar-refractivity contribution is 7.89. The number of pyridine rings is 1. The Morgan fingerprint density at radius 2 is 1.32 bits per heavy atom. The number of nitrogens with zero attached hydrogens (tertiary/aromatic N) is 6. The molecule has 5 aromatic rings. The second-order valence-corrected chi connectivity index (χ2v) is 24.7. The highest BCUT2D eigenvalue weighted by Crippen LogP contribution is 2.26. The summed E-state index contributed by atoms with van der Waals surface area (Å²) in [7, 11) is 3.40. The number of aryl methyl sites for hydroxylation is 4. The molecule has 514 valence electrons. The average Bonchev–Trinajstić information content (AvgIpc) is 0.809. The van der Waals surface area contributed by atoms with Gasteiger partial charge in [-0.3, -0.25) is 48.3 Å². The fourth-order valence-electron chi connectivity index (χ4n) is 10.4. The van der Waals surface area contributed by atoms with Gasteiger partial charge in [0.2, 0.25) is 33.2 Å². The molecule has 94 heavy (non-hydrogen) atoms. The van der Waals surface area contributed by atoms with Crippen molar-refractivity contribution < 1.29 is 66.3 Å². The Morgan fingerprint density at radius 3 is 1.95 bits per heavy atom. The van der Waals surface area contributed by atoms with Crippen LogP contribution in [0.5, 0.6) is 5.75 Å². The fourth-order valence-corrected chi connectivity index (χ4v) is 12.1. The largest absolute Gasteiger partial charge is 0.494 e. The number of carboxylic acids is 2. The van der Waals surface area contributed by atoms with E-state index >= 15 is 0 Å². The quantitative estimate of drug-likeness (QED) is 0.0255. The molecule has 28 nitrogen and oxygen atoms in total. The number of nitrogens with one attached hydrogen (secondary N) is 7. The third kappa shape index (κ3) is 25.8. The molecule has 3 heterocycles. The van der Waals surface area contributed by atoms with Crippen LogP contribution >= 0.6 is 0 Å². The summed E-state index contributed by atoms with van der Waals surface area (Å²) in [5, 5.41) is 34.1. The number of fused-ring (bicyclic) bond motifs is 1. The van der Waals surface area contributed by atoms with Gasteiger partial charge in [0, 0.05) is 143 Å². The van der Waals surface area contributed by atoms with Crippen LogP contribution in [0, 0.1) is 27.8 Å². The molecule has 6 rings (SSSR count). The molecule has 4 amide bonds. The molecule has 2 aromatic heterocycles. The second kappa shape index (κ2) is 39.1. The Labute approximate surface area is 549 Å². The Bertz CT molecular complexity index is 3400. The molecule has 1 aliphatic heterocycles. The van der Waals surface area contributed by atoms with Gasteiger partial charge in [-0.2, -0.15) is 4.72 Å². The van der Waals surface area contributed by atoms with Gasteiger partial charge < -0.3 is 70.2 Å². The van der Waals surface area contributed by atoms with Crippen molar-refractivity contribution in [3.63, 3.8) is 0 Å². The van der Waals surface area contributed by atoms with Crippen LogP contribution in [-0.2, 0) is 68.2 Å². The number of imidazole rings is 1. The van der Waals surface area contributed by atoms with E-state index in [0.29, 0.717) is 148 Å². The first kappa shape index (κ1) is 75.2. The first-order valence-corrected chi connectivity index (χ1v) is 33.2. The lowest BCUT2D eigenvalue weighted by molar-refractivity contribution is -0.139. The number of carbonyl (C=O) groups excluding carboxylic acids is 4. The summed E-state index contributed by atoms with van der Waals surface area (Å²) in [4.78, 5) is 105. The van der Waals surface area contributed by atoms with E-state index in [1.807, 2.05) is 41.0 Å². The summed E-state index contributed by atoms with van der Waals surface area (Å²) in [6.45, 7) is 15.2. The minimum absolute atomic E-state index is 0.0431. The standard InChI is InChI=1S/C65H93N13O15S/c1-7-76-24-22-74(5)23-25-78(45-59(81)82)29-28-77(27-26-76)44-58(80)72-54(39-49-14-12-46(2)13-15-49)63(85)67-19-10-31-91-34-36-92-35-33-90-30-9-18-66-57(79)11-8-32-93-51-37-47(3)61(48(4)38-51)94(88,89)73-55(64(86)87)42-70-62(84)53-43-75(6)56-40-50(16-17-52(56)60(53)83)41-71-65-68-20-21-69-65/h5,12-17,20-21,37-38,40,43,54-55,73H,7-11,18-19,22-36,39,41-42,44-45H2,1-4,6H3,(H,66,79)(H,67,85)(H,70,84)(H,72,80)(H,81,82)(H,86,87)(H2,68,69,71)/t54-,55?/m1/s1. The lowest BCUT2D eigenvalue weighted by atomic mass is 10.0. The van der Waals surface area contributed by atoms with Crippen LogP contribution in [0.3, 0.4) is 0 Å². The third-order valence-corrected chi connectivity index (χ3v) is 17.4. The zero-order valence-corrected chi connectivity index (χ0v) is 55.4. The van der Waals surface area contributed by atoms with E-state index in [4.69, 9.17) is 26.0 Å². The first-order valence-electron chi connectivity index (χ1n) is 31.7. The molecule has 1 fully saturated rings. The number of carbonyl (C=O) groups is 6. The van der Waals surface area contributed by atoms with Crippen molar-refractivity contribution in [3.8, 4) is 5.75 Å². The molecule has 9 N–H and O–H groups in total. The number of rotatable bonds is 38. The van der Waals surface area contributed by atoms with Gasteiger partial charge in [0.15, 0.2) is 5.95 Å². The SMILES string of the molecule is [CH]N1CCN(CC)CCN(CC(=O)N[C@H](Cc2ccc(C)cc2)C(=O)NCCCOCCOCCOCCCNC(=O)CCCOc2cc(C)c(S(=O)(=O)NC(CNC(=O)c3cn(C)c4cc(CNc5ncc[nH]5)ccc4c3=O)C(=O)O)c(C)c2)CCN(CC(=O)O)CC1. The van der Waals surface area contributed by atoms with Gasteiger partial charge >= 0.3 is 11.9 Å². The fraction of sp³-hybridized carbons (Fsp3) is 0.523. The van der Waals surface area contributed by atoms with Gasteiger partial charge in [-0.1, -0.05) is 42.8 Å². The van der Waals surface area contributed by atoms with Gasteiger partial charge in [0.25, 0.3) is 5.91 Å². The summed E-state index contributed by atoms with van der Waals surface area (Å²) in [5.74, 6) is -3.22. The van der Waals surface area contributed by atoms with E-state index in [1.54, 1.807) is 47.1 Å². The molecule has 0 saturated carbocycles. The number of benzene rings is 3. The molecule has 1 saturated heterocycles. The van der Waals surface area contributed by atoms with Crippen molar-refractivity contribution in [2.45, 2.75) is 83.3 Å². The van der Waals surface area contributed by atoms with Gasteiger partial charge in [0.1, 0.15) is 23.4 Å². The highest BCUT2D eigenvalue weighted by Gasteiger charge is 2.30. The zero-order valence-electron chi connectivity index (χ0n) is 54.5. The molecule has 3 aromatic carbocycles. The van der Waals surface area contributed by atoms with Crippen LogP contribution in [-0.4, -0.2) is 238 Å². The van der Waals surface area contributed by atoms with Gasteiger partial charge in [-0.25, -0.2) is 13.4 Å². The number of aliphatic carboxylic acids is 2. The maximum absolute atomic E-state index is 13.7. The number of amides is 4. The van der Waals surface area contributed by atoms with E-state index in [2.05, 4.69) is 53.1 Å². The number of hydrogen-bond acceptors (Lipinski definition) is 19. The lowest BCUT2D eigenvalue weighted by Gasteiger charge is -2.32. The summed E-state index contributed by atoms with van der Waals surface area (Å²) in [6.07, 6.45) is 6.59. The molecule has 0 bridgehead atoms. The monoisotopic (exact) mass is 1330 g/mol. The zero-order chi connectivity index (χ0) is 68.0. The predicted octanol–water partition coefficient (Wildman–Crippen LogP) is 1.90. The van der Waals surface area contributed by atoms with E-state index in [1.165, 1.54) is 32.2 Å². The van der Waals surface area contributed by atoms with Crippen molar-refractivity contribution in [1.29, 1.82) is 0 Å². The highest BCUT2D eigenvalue weighted by atomic mass is 32.2. The normalized spacial score (nSPS) is 14.7. The molecule has 0 aliphatic carbocycles. The predicted molar refractivity (Wildman–Crippen MR) is 353 cm³/mol. The number of sulfonamides is 1. The summed E-state index contributed by atoms with van der Waals surface area (Å²) < 4.78 is 53.9. The first-order chi connectivity index (χ1) is 45.1. The molecule has 29 heteroatoms. The number of aromatic nitrogens is 3. The molecule has 1 aliphatic rings. The molecule has 1 unspecified atom stereocenters. The van der Waals surface area contributed by atoms with E-state index in [9.17, 15) is 52.2 Å². The van der Waals surface area contributed by atoms with Crippen LogP contribution in [0.4, 0.5) is 5.95 Å².